The van der Waals surface area contributed by atoms with Crippen molar-refractivity contribution in [3.05, 3.63) is 126 Å². The minimum atomic E-state index is 0. The second kappa shape index (κ2) is 14.3. The average molecular weight is 497 g/mol. The Kier molecular flexibility index (Phi) is 12.6. The van der Waals surface area contributed by atoms with Gasteiger partial charge in [0.25, 0.3) is 0 Å². The molecule has 0 aliphatic heterocycles. The number of hydrogen-bond donors (Lipinski definition) is 0. The van der Waals surface area contributed by atoms with E-state index >= 15 is 0 Å². The molecule has 0 heterocycles. The number of hydrogen-bond acceptors (Lipinski definition) is 0. The molecule has 0 N–H and O–H groups in total. The molecule has 3 heteroatoms. The third-order valence-electron chi connectivity index (χ3n) is 4.35. The maximum Gasteiger partial charge on any atom is -0.0253 e. The van der Waals surface area contributed by atoms with Crippen LogP contribution in [0.25, 0.3) is 11.1 Å². The number of fused-ring (bicyclic) bond motifs is 3. The summed E-state index contributed by atoms with van der Waals surface area (Å²) in [7, 11) is 0. The van der Waals surface area contributed by atoms with Gasteiger partial charge in [0, 0.05) is 0 Å². The summed E-state index contributed by atoms with van der Waals surface area (Å²) in [6, 6.07) is 38.6. The fraction of sp³-hybridized carbons (Fsp3) is 0.0769. The first-order valence-corrected chi connectivity index (χ1v) is 10.6. The monoisotopic (exact) mass is 494 g/mol. The van der Waals surface area contributed by atoms with Gasteiger partial charge in [-0.2, -0.15) is 48.0 Å². The molecule has 0 spiro atoms. The Morgan fingerprint density at radius 1 is 0.793 bits per heavy atom. The van der Waals surface area contributed by atoms with E-state index in [1.165, 1.54) is 52.1 Å². The van der Waals surface area contributed by atoms with Gasteiger partial charge in [-0.25, -0.2) is 12.1 Å². The van der Waals surface area contributed by atoms with E-state index in [-0.39, 0.29) is 24.8 Å². The minimum Gasteiger partial charge on any atom is -0.214 e. The minimum absolute atomic E-state index is 0. The molecule has 4 aromatic rings. The largest absolute Gasteiger partial charge is 0.214 e. The predicted octanol–water partition coefficient (Wildman–Crippen LogP) is 0.0496. The third-order valence-corrected chi connectivity index (χ3v) is 4.85. The summed E-state index contributed by atoms with van der Waals surface area (Å²) in [4.78, 5) is 0. The van der Waals surface area contributed by atoms with Gasteiger partial charge in [-0.05, 0) is 6.42 Å². The van der Waals surface area contributed by atoms with Crippen molar-refractivity contribution in [1.29, 1.82) is 0 Å². The van der Waals surface area contributed by atoms with E-state index in [9.17, 15) is 0 Å². The Balaban J connectivity index is 0.000000231. The molecular weight excluding hydrogens is 474 g/mol. The second-order valence-corrected chi connectivity index (χ2v) is 7.26. The number of benzene rings is 3. The van der Waals surface area contributed by atoms with Crippen LogP contribution in [0.2, 0.25) is 0 Å². The zero-order chi connectivity index (χ0) is 18.7. The maximum absolute atomic E-state index is 3.30. The SMILES string of the molecule is [Cl-].[Cl-].[Zr+2]=[CH]Cc1ccccc1.[c-]1cccc2c1Cc1ccccc1-2.c1cc[cH-]c1. The van der Waals surface area contributed by atoms with Crippen molar-refractivity contribution < 1.29 is 49.0 Å². The number of rotatable bonds is 2. The standard InChI is InChI=1S/C13H9.C8H8.C5H5.2ClH.Zr/c1-3-7-12-10(5-1)9-11-6-2-4-8-13(11)12;1-2-8-6-4-3-5-7-8;1-2-4-5-3-1;;;/h1-5,7-8H,9H2;1,3-7H,2H2;1-5H;2*1H;/q-1;;-1;;;+2/p-2. The molecule has 1 aliphatic carbocycles. The Labute approximate surface area is 201 Å². The van der Waals surface area contributed by atoms with Gasteiger partial charge >= 0.3 is 70.3 Å². The van der Waals surface area contributed by atoms with Crippen LogP contribution in [-0.4, -0.2) is 3.71 Å². The first-order valence-electron chi connectivity index (χ1n) is 9.16. The second-order valence-electron chi connectivity index (χ2n) is 6.25. The first-order chi connectivity index (χ1) is 13.4. The zero-order valence-corrected chi connectivity index (χ0v) is 20.0. The van der Waals surface area contributed by atoms with Crippen molar-refractivity contribution in [1.82, 2.24) is 0 Å². The van der Waals surface area contributed by atoms with E-state index in [1.807, 2.05) is 42.5 Å². The van der Waals surface area contributed by atoms with Crippen LogP contribution < -0.4 is 24.8 Å². The van der Waals surface area contributed by atoms with Crippen LogP contribution >= 0.6 is 0 Å². The average Bonchev–Trinajstić information content (AvgIpc) is 3.41. The summed E-state index contributed by atoms with van der Waals surface area (Å²) in [6.07, 6.45) is 2.17. The van der Waals surface area contributed by atoms with Gasteiger partial charge < -0.3 is 24.8 Å². The van der Waals surface area contributed by atoms with Crippen LogP contribution in [0.4, 0.5) is 0 Å². The Morgan fingerprint density at radius 2 is 1.45 bits per heavy atom. The van der Waals surface area contributed by atoms with Crippen molar-refractivity contribution >= 4 is 3.71 Å². The summed E-state index contributed by atoms with van der Waals surface area (Å²) in [6.45, 7) is 0. The molecule has 0 saturated heterocycles. The Morgan fingerprint density at radius 3 is 2.10 bits per heavy atom. The van der Waals surface area contributed by atoms with Crippen molar-refractivity contribution in [3.63, 3.8) is 0 Å². The molecule has 0 radical (unpaired) electrons. The van der Waals surface area contributed by atoms with Gasteiger partial charge in [0.05, 0.1) is 0 Å². The number of halogens is 2. The molecule has 29 heavy (non-hydrogen) atoms. The Hall–Kier alpha value is -1.66. The molecule has 5 rings (SSSR count). The molecule has 0 fully saturated rings. The van der Waals surface area contributed by atoms with Crippen molar-refractivity contribution in [3.8, 4) is 11.1 Å². The summed E-state index contributed by atoms with van der Waals surface area (Å²) in [5.41, 5.74) is 6.92. The smallest absolute Gasteiger partial charge is 0.0253 e. The van der Waals surface area contributed by atoms with E-state index in [1.54, 1.807) is 0 Å². The molecule has 146 valence electrons. The molecule has 0 saturated carbocycles. The first kappa shape index (κ1) is 25.4. The summed E-state index contributed by atoms with van der Waals surface area (Å²) < 4.78 is 2.25. The van der Waals surface area contributed by atoms with Crippen LogP contribution in [0.5, 0.6) is 0 Å². The van der Waals surface area contributed by atoms with Crippen LogP contribution in [0.15, 0.2) is 103 Å². The molecule has 0 atom stereocenters. The van der Waals surface area contributed by atoms with Crippen molar-refractivity contribution in [2.24, 2.45) is 0 Å². The summed E-state index contributed by atoms with van der Waals surface area (Å²) in [5, 5.41) is 0. The van der Waals surface area contributed by atoms with Gasteiger partial charge in [-0.15, -0.1) is 5.56 Å². The van der Waals surface area contributed by atoms with Gasteiger partial charge in [-0.1, -0.05) is 35.4 Å². The molecule has 0 amide bonds. The van der Waals surface area contributed by atoms with E-state index in [0.717, 1.165) is 12.8 Å². The quantitative estimate of drug-likeness (QED) is 0.303. The molecule has 0 unspecified atom stereocenters. The zero-order valence-electron chi connectivity index (χ0n) is 16.1. The molecular formula is C26H22Cl2Zr-2. The fourth-order valence-electron chi connectivity index (χ4n) is 3.05. The van der Waals surface area contributed by atoms with Gasteiger partial charge in [-0.3, -0.25) is 0 Å². The van der Waals surface area contributed by atoms with E-state index in [2.05, 4.69) is 70.4 Å². The summed E-state index contributed by atoms with van der Waals surface area (Å²) >= 11 is 1.51. The van der Waals surface area contributed by atoms with E-state index < -0.39 is 0 Å². The van der Waals surface area contributed by atoms with Gasteiger partial charge in [0.1, 0.15) is 0 Å². The normalized spacial score (nSPS) is 9.72. The molecule has 0 aromatic heterocycles. The molecule has 1 aliphatic rings. The van der Waals surface area contributed by atoms with Gasteiger partial charge in [0.15, 0.2) is 0 Å². The van der Waals surface area contributed by atoms with E-state index in [4.69, 9.17) is 0 Å². The maximum atomic E-state index is 3.30. The molecule has 0 nitrogen and oxygen atoms in total. The topological polar surface area (TPSA) is 0 Å². The van der Waals surface area contributed by atoms with Crippen molar-refractivity contribution in [2.75, 3.05) is 0 Å². The fourth-order valence-corrected chi connectivity index (χ4v) is 3.63. The van der Waals surface area contributed by atoms with Crippen LogP contribution in [-0.2, 0) is 37.1 Å². The molecule has 4 aromatic carbocycles. The third kappa shape index (κ3) is 7.94. The predicted molar refractivity (Wildman–Crippen MR) is 112 cm³/mol. The van der Waals surface area contributed by atoms with Crippen LogP contribution in [0, 0.1) is 6.07 Å². The molecule has 0 bridgehead atoms. The van der Waals surface area contributed by atoms with Crippen LogP contribution in [0.1, 0.15) is 16.7 Å². The van der Waals surface area contributed by atoms with E-state index in [0.29, 0.717) is 0 Å². The summed E-state index contributed by atoms with van der Waals surface area (Å²) in [5.74, 6) is 0. The van der Waals surface area contributed by atoms with Crippen LogP contribution in [0.3, 0.4) is 0 Å². The Bertz CT molecular complexity index is 887. The van der Waals surface area contributed by atoms with Gasteiger partial charge in [0.2, 0.25) is 0 Å². The van der Waals surface area contributed by atoms with Crippen molar-refractivity contribution in [2.45, 2.75) is 12.8 Å².